The summed E-state index contributed by atoms with van der Waals surface area (Å²) in [5, 5.41) is 4.11. The fraction of sp³-hybridized carbons (Fsp3) is 0.231. The van der Waals surface area contributed by atoms with Crippen LogP contribution in [0, 0.1) is 0 Å². The molecule has 0 radical (unpaired) electrons. The van der Waals surface area contributed by atoms with Crippen molar-refractivity contribution in [2.45, 2.75) is 31.9 Å². The first-order valence-electron chi connectivity index (χ1n) is 11.0. The molecule has 0 spiro atoms. The highest BCUT2D eigenvalue weighted by atomic mass is 35.5. The molecule has 0 fully saturated rings. The van der Waals surface area contributed by atoms with Crippen LogP contribution in [0.4, 0.5) is 24.5 Å². The van der Waals surface area contributed by atoms with Gasteiger partial charge in [-0.2, -0.15) is 13.2 Å². The second-order valence-electron chi connectivity index (χ2n) is 9.20. The van der Waals surface area contributed by atoms with Gasteiger partial charge in [-0.1, -0.05) is 48.8 Å². The van der Waals surface area contributed by atoms with E-state index >= 15 is 0 Å². The monoisotopic (exact) mass is 499 g/mol. The summed E-state index contributed by atoms with van der Waals surface area (Å²) in [5.41, 5.74) is 4.33. The molecule has 2 heterocycles. The van der Waals surface area contributed by atoms with Crippen LogP contribution in [0.3, 0.4) is 0 Å². The van der Waals surface area contributed by atoms with Crippen molar-refractivity contribution >= 4 is 23.0 Å². The summed E-state index contributed by atoms with van der Waals surface area (Å²) in [6.45, 7) is 5.09. The van der Waals surface area contributed by atoms with E-state index < -0.39 is 17.5 Å². The third-order valence-electron chi connectivity index (χ3n) is 6.48. The number of nitrogens with one attached hydrogen (secondary N) is 1. The molecule has 1 N–H and O–H groups in total. The molecule has 3 aromatic carbocycles. The molecular formula is C26H21ClF3N3O2. The van der Waals surface area contributed by atoms with Crippen LogP contribution < -0.4 is 10.7 Å². The van der Waals surface area contributed by atoms with Crippen molar-refractivity contribution < 1.29 is 17.7 Å². The van der Waals surface area contributed by atoms with E-state index in [1.54, 1.807) is 6.07 Å². The van der Waals surface area contributed by atoms with Gasteiger partial charge in [0.15, 0.2) is 5.82 Å². The van der Waals surface area contributed by atoms with Crippen molar-refractivity contribution in [1.29, 1.82) is 0 Å². The number of aromatic nitrogens is 2. The van der Waals surface area contributed by atoms with E-state index in [1.165, 1.54) is 12.1 Å². The second-order valence-corrected chi connectivity index (χ2v) is 9.61. The average molecular weight is 500 g/mol. The van der Waals surface area contributed by atoms with Gasteiger partial charge < -0.3 is 4.90 Å². The van der Waals surface area contributed by atoms with E-state index in [1.807, 2.05) is 24.3 Å². The Balaban J connectivity index is 1.52. The van der Waals surface area contributed by atoms with E-state index in [-0.39, 0.29) is 11.2 Å². The number of halogens is 4. The standard InChI is InChI=1S/C26H21ClF3N3O2/c1-25(2)11-12-33(18-8-9-19(21(27)14-18)23-31-24(34)35-32-23)22-10-5-16(13-20(22)25)15-3-6-17(7-4-15)26(28,29)30/h3-10,13-14H,11-12H2,1-2H3,(H,31,32,34). The lowest BCUT2D eigenvalue weighted by molar-refractivity contribution is -0.137. The van der Waals surface area contributed by atoms with Crippen molar-refractivity contribution in [2.24, 2.45) is 0 Å². The number of H-pyrrole nitrogens is 1. The summed E-state index contributed by atoms with van der Waals surface area (Å²) in [6.07, 6.45) is -3.50. The van der Waals surface area contributed by atoms with Crippen LogP contribution in [0.15, 0.2) is 70.0 Å². The lowest BCUT2D eigenvalue weighted by atomic mass is 9.76. The van der Waals surface area contributed by atoms with Gasteiger partial charge in [0.25, 0.3) is 0 Å². The Labute approximate surface area is 204 Å². The molecule has 1 aliphatic heterocycles. The Morgan fingerprint density at radius 1 is 1.03 bits per heavy atom. The van der Waals surface area contributed by atoms with Crippen LogP contribution in [-0.2, 0) is 11.6 Å². The van der Waals surface area contributed by atoms with Gasteiger partial charge >= 0.3 is 11.9 Å². The number of nitrogens with zero attached hydrogens (tertiary/aromatic N) is 2. The van der Waals surface area contributed by atoms with Gasteiger partial charge in [0, 0.05) is 23.5 Å². The number of aromatic amines is 1. The molecule has 0 amide bonds. The smallest absolute Gasteiger partial charge is 0.341 e. The lowest BCUT2D eigenvalue weighted by Gasteiger charge is -2.40. The van der Waals surface area contributed by atoms with E-state index in [9.17, 15) is 18.0 Å². The predicted octanol–water partition coefficient (Wildman–Crippen LogP) is 7.19. The normalized spacial score (nSPS) is 15.2. The van der Waals surface area contributed by atoms with Crippen molar-refractivity contribution in [3.8, 4) is 22.5 Å². The fourth-order valence-corrected chi connectivity index (χ4v) is 4.73. The number of alkyl halides is 3. The molecule has 1 aromatic heterocycles. The van der Waals surface area contributed by atoms with Gasteiger partial charge in [-0.25, -0.2) is 4.79 Å². The number of hydrogen-bond acceptors (Lipinski definition) is 4. The van der Waals surface area contributed by atoms with Gasteiger partial charge in [0.05, 0.1) is 10.6 Å². The minimum absolute atomic E-state index is 0.127. The van der Waals surface area contributed by atoms with Gasteiger partial charge in [0.2, 0.25) is 0 Å². The van der Waals surface area contributed by atoms with Crippen molar-refractivity contribution in [3.05, 3.63) is 87.4 Å². The molecule has 0 saturated carbocycles. The summed E-state index contributed by atoms with van der Waals surface area (Å²) in [4.78, 5) is 16.0. The Morgan fingerprint density at radius 3 is 2.37 bits per heavy atom. The van der Waals surface area contributed by atoms with E-state index in [0.717, 1.165) is 53.2 Å². The van der Waals surface area contributed by atoms with Gasteiger partial charge in [0.1, 0.15) is 0 Å². The quantitative estimate of drug-likeness (QED) is 0.324. The van der Waals surface area contributed by atoms with Crippen molar-refractivity contribution in [1.82, 2.24) is 10.1 Å². The highest BCUT2D eigenvalue weighted by Gasteiger charge is 2.33. The number of fused-ring (bicyclic) bond motifs is 1. The first-order chi connectivity index (χ1) is 16.5. The van der Waals surface area contributed by atoms with Crippen LogP contribution in [0.25, 0.3) is 22.5 Å². The maximum absolute atomic E-state index is 13.0. The predicted molar refractivity (Wildman–Crippen MR) is 129 cm³/mol. The summed E-state index contributed by atoms with van der Waals surface area (Å²) in [7, 11) is 0. The van der Waals surface area contributed by atoms with Gasteiger partial charge in [-0.15, -0.1) is 0 Å². The number of anilines is 2. The third-order valence-corrected chi connectivity index (χ3v) is 6.79. The molecule has 0 bridgehead atoms. The minimum atomic E-state index is -4.36. The first kappa shape index (κ1) is 23.2. The molecule has 0 saturated heterocycles. The van der Waals surface area contributed by atoms with Crippen LogP contribution >= 0.6 is 11.6 Å². The molecule has 0 atom stereocenters. The maximum Gasteiger partial charge on any atom is 0.439 e. The molecule has 4 aromatic rings. The highest BCUT2D eigenvalue weighted by molar-refractivity contribution is 6.33. The van der Waals surface area contributed by atoms with E-state index in [4.69, 9.17) is 11.6 Å². The summed E-state index contributed by atoms with van der Waals surface area (Å²) in [5.74, 6) is -0.399. The zero-order valence-electron chi connectivity index (χ0n) is 18.9. The Bertz CT molecular complexity index is 1460. The highest BCUT2D eigenvalue weighted by Crippen LogP contribution is 2.45. The molecule has 9 heteroatoms. The minimum Gasteiger partial charge on any atom is -0.341 e. The van der Waals surface area contributed by atoms with Crippen molar-refractivity contribution in [2.75, 3.05) is 11.4 Å². The van der Waals surface area contributed by atoms with E-state index in [0.29, 0.717) is 10.6 Å². The van der Waals surface area contributed by atoms with Crippen LogP contribution in [-0.4, -0.2) is 16.7 Å². The second kappa shape index (κ2) is 8.30. The maximum atomic E-state index is 13.0. The molecular weight excluding hydrogens is 479 g/mol. The lowest BCUT2D eigenvalue weighted by Crippen LogP contribution is -2.34. The van der Waals surface area contributed by atoms with E-state index in [2.05, 4.69) is 39.5 Å². The first-order valence-corrected chi connectivity index (χ1v) is 11.4. The van der Waals surface area contributed by atoms with Crippen LogP contribution in [0.1, 0.15) is 31.4 Å². The Morgan fingerprint density at radius 2 is 1.74 bits per heavy atom. The van der Waals surface area contributed by atoms with Crippen LogP contribution in [0.5, 0.6) is 0 Å². The summed E-state index contributed by atoms with van der Waals surface area (Å²) < 4.78 is 43.5. The molecule has 0 unspecified atom stereocenters. The summed E-state index contributed by atoms with van der Waals surface area (Å²) >= 11 is 6.52. The molecule has 35 heavy (non-hydrogen) atoms. The SMILES string of the molecule is CC1(C)CCN(c2ccc(-c3noc(=O)[nH]3)c(Cl)c2)c2ccc(-c3ccc(C(F)(F)F)cc3)cc21. The average Bonchev–Trinajstić information content (AvgIpc) is 3.24. The molecule has 5 rings (SSSR count). The third kappa shape index (κ3) is 4.34. The molecule has 1 aliphatic rings. The van der Waals surface area contributed by atoms with Crippen molar-refractivity contribution in [3.63, 3.8) is 0 Å². The zero-order valence-corrected chi connectivity index (χ0v) is 19.7. The molecule has 5 nitrogen and oxygen atoms in total. The number of hydrogen-bond donors (Lipinski definition) is 1. The summed E-state index contributed by atoms with van der Waals surface area (Å²) in [6, 6.07) is 16.7. The fourth-order valence-electron chi connectivity index (χ4n) is 4.47. The Hall–Kier alpha value is -3.52. The number of benzene rings is 3. The largest absolute Gasteiger partial charge is 0.439 e. The van der Waals surface area contributed by atoms with Gasteiger partial charge in [-0.05, 0) is 71.0 Å². The molecule has 0 aliphatic carbocycles. The molecule has 180 valence electrons. The van der Waals surface area contributed by atoms with Crippen LogP contribution in [0.2, 0.25) is 5.02 Å². The van der Waals surface area contributed by atoms with Gasteiger partial charge in [-0.3, -0.25) is 9.51 Å². The Kier molecular flexibility index (Phi) is 5.51. The zero-order chi connectivity index (χ0) is 25.0. The number of rotatable bonds is 3. The topological polar surface area (TPSA) is 62.1 Å².